The summed E-state index contributed by atoms with van der Waals surface area (Å²) in [6.07, 6.45) is 1.50. The van der Waals surface area contributed by atoms with E-state index in [1.165, 1.54) is 4.90 Å². The van der Waals surface area contributed by atoms with Gasteiger partial charge >= 0.3 is 6.18 Å². The number of nitrogens with zero attached hydrogens (tertiary/aromatic N) is 5. The van der Waals surface area contributed by atoms with Gasteiger partial charge in [0.15, 0.2) is 0 Å². The van der Waals surface area contributed by atoms with Crippen LogP contribution in [0.5, 0.6) is 0 Å². The SMILES string of the molecule is O=C1CN(C(=O)C2CCN(c3cnccn3)CC2)CN1CC(F)(F)F. The fraction of sp³-hybridized carbons (Fsp3) is 0.600. The first kappa shape index (κ1) is 17.4. The van der Waals surface area contributed by atoms with Crippen molar-refractivity contribution in [2.24, 2.45) is 5.92 Å². The third kappa shape index (κ3) is 4.18. The topological polar surface area (TPSA) is 69.6 Å². The highest BCUT2D eigenvalue weighted by atomic mass is 19.4. The maximum atomic E-state index is 12.5. The summed E-state index contributed by atoms with van der Waals surface area (Å²) in [6.45, 7) is -0.659. The number of hydrogen-bond donors (Lipinski definition) is 0. The van der Waals surface area contributed by atoms with Crippen LogP contribution >= 0.6 is 0 Å². The Morgan fingerprint density at radius 3 is 2.56 bits per heavy atom. The number of rotatable bonds is 3. The van der Waals surface area contributed by atoms with Crippen LogP contribution in [-0.4, -0.2) is 70.6 Å². The molecule has 0 aliphatic carbocycles. The van der Waals surface area contributed by atoms with Gasteiger partial charge in [0.2, 0.25) is 11.8 Å². The molecule has 2 aliphatic heterocycles. The molecule has 7 nitrogen and oxygen atoms in total. The molecule has 2 aliphatic rings. The van der Waals surface area contributed by atoms with Gasteiger partial charge in [0.25, 0.3) is 0 Å². The van der Waals surface area contributed by atoms with Crippen molar-refractivity contribution in [1.29, 1.82) is 0 Å². The van der Waals surface area contributed by atoms with Crippen molar-refractivity contribution in [1.82, 2.24) is 19.8 Å². The van der Waals surface area contributed by atoms with Gasteiger partial charge in [-0.2, -0.15) is 13.2 Å². The lowest BCUT2D eigenvalue weighted by molar-refractivity contribution is -0.158. The average Bonchev–Trinajstić information content (AvgIpc) is 2.94. The fourth-order valence-electron chi connectivity index (χ4n) is 3.17. The number of anilines is 1. The average molecular weight is 357 g/mol. The molecule has 0 aromatic carbocycles. The zero-order valence-electron chi connectivity index (χ0n) is 13.4. The molecule has 25 heavy (non-hydrogen) atoms. The minimum atomic E-state index is -4.46. The van der Waals surface area contributed by atoms with Gasteiger partial charge in [0.1, 0.15) is 18.9 Å². The molecular weight excluding hydrogens is 339 g/mol. The highest BCUT2D eigenvalue weighted by molar-refractivity contribution is 5.88. The maximum absolute atomic E-state index is 12.5. The summed E-state index contributed by atoms with van der Waals surface area (Å²) in [4.78, 5) is 36.3. The van der Waals surface area contributed by atoms with E-state index in [9.17, 15) is 22.8 Å². The minimum absolute atomic E-state index is 0.253. The van der Waals surface area contributed by atoms with E-state index in [-0.39, 0.29) is 25.0 Å². The van der Waals surface area contributed by atoms with Gasteiger partial charge in [-0.05, 0) is 12.8 Å². The van der Waals surface area contributed by atoms with Crippen molar-refractivity contribution in [3.05, 3.63) is 18.6 Å². The standard InChI is InChI=1S/C15H18F3N5O2/c16-15(17,18)9-23-10-22(8-13(23)24)14(25)11-1-5-21(6-2-11)12-7-19-3-4-20-12/h3-4,7,11H,1-2,5-6,8-10H2. The predicted octanol–water partition coefficient (Wildman–Crippen LogP) is 0.884. The fourth-order valence-corrected chi connectivity index (χ4v) is 3.17. The quantitative estimate of drug-likeness (QED) is 0.803. The molecular formula is C15H18F3N5O2. The second kappa shape index (κ2) is 6.85. The third-order valence-corrected chi connectivity index (χ3v) is 4.42. The van der Waals surface area contributed by atoms with Crippen molar-refractivity contribution in [2.75, 3.05) is 37.7 Å². The Bertz CT molecular complexity index is 632. The van der Waals surface area contributed by atoms with E-state index in [1.807, 2.05) is 4.90 Å². The van der Waals surface area contributed by atoms with Crippen LogP contribution < -0.4 is 4.90 Å². The molecule has 3 rings (SSSR count). The molecule has 1 aromatic heterocycles. The molecule has 1 aromatic rings. The van der Waals surface area contributed by atoms with Gasteiger partial charge in [-0.3, -0.25) is 14.6 Å². The number of carbonyl (C=O) groups is 2. The smallest absolute Gasteiger partial charge is 0.355 e. The van der Waals surface area contributed by atoms with E-state index in [1.54, 1.807) is 18.6 Å². The van der Waals surface area contributed by atoms with E-state index in [0.29, 0.717) is 30.8 Å². The third-order valence-electron chi connectivity index (χ3n) is 4.42. The predicted molar refractivity (Wildman–Crippen MR) is 81.3 cm³/mol. The van der Waals surface area contributed by atoms with Crippen LogP contribution in [0.25, 0.3) is 0 Å². The number of aromatic nitrogens is 2. The first-order valence-corrected chi connectivity index (χ1v) is 7.98. The molecule has 10 heteroatoms. The monoisotopic (exact) mass is 357 g/mol. The van der Waals surface area contributed by atoms with Gasteiger partial charge in [-0.15, -0.1) is 0 Å². The lowest BCUT2D eigenvalue weighted by Crippen LogP contribution is -2.43. The minimum Gasteiger partial charge on any atom is -0.355 e. The number of hydrogen-bond acceptors (Lipinski definition) is 5. The molecule has 3 heterocycles. The molecule has 0 saturated carbocycles. The molecule has 0 unspecified atom stereocenters. The lowest BCUT2D eigenvalue weighted by Gasteiger charge is -2.33. The number of piperidine rings is 1. The van der Waals surface area contributed by atoms with Crippen LogP contribution in [0.15, 0.2) is 18.6 Å². The van der Waals surface area contributed by atoms with Gasteiger partial charge in [0.05, 0.1) is 12.9 Å². The molecule has 0 atom stereocenters. The van der Waals surface area contributed by atoms with Crippen LogP contribution in [0.2, 0.25) is 0 Å². The van der Waals surface area contributed by atoms with E-state index in [2.05, 4.69) is 9.97 Å². The van der Waals surface area contributed by atoms with E-state index < -0.39 is 18.6 Å². The summed E-state index contributed by atoms with van der Waals surface area (Å²) >= 11 is 0. The highest BCUT2D eigenvalue weighted by Crippen LogP contribution is 2.25. The van der Waals surface area contributed by atoms with Crippen LogP contribution in [0.4, 0.5) is 19.0 Å². The number of carbonyl (C=O) groups excluding carboxylic acids is 2. The molecule has 0 radical (unpaired) electrons. The van der Waals surface area contributed by atoms with Crippen LogP contribution in [0, 0.1) is 5.92 Å². The summed E-state index contributed by atoms with van der Waals surface area (Å²) in [5, 5.41) is 0. The Kier molecular flexibility index (Phi) is 4.78. The first-order valence-electron chi connectivity index (χ1n) is 7.98. The number of amides is 2. The highest BCUT2D eigenvalue weighted by Gasteiger charge is 2.40. The molecule has 2 amide bonds. The van der Waals surface area contributed by atoms with Gasteiger partial charge in [-0.25, -0.2) is 4.98 Å². The van der Waals surface area contributed by atoms with Gasteiger partial charge in [-0.1, -0.05) is 0 Å². The van der Waals surface area contributed by atoms with Crippen LogP contribution in [-0.2, 0) is 9.59 Å². The number of halogens is 3. The van der Waals surface area contributed by atoms with E-state index >= 15 is 0 Å². The Labute approximate surface area is 142 Å². The van der Waals surface area contributed by atoms with Crippen LogP contribution in [0.1, 0.15) is 12.8 Å². The van der Waals surface area contributed by atoms with Gasteiger partial charge in [0, 0.05) is 31.4 Å². The zero-order valence-corrected chi connectivity index (χ0v) is 13.4. The van der Waals surface area contributed by atoms with Crippen molar-refractivity contribution >= 4 is 17.6 Å². The Morgan fingerprint density at radius 2 is 1.96 bits per heavy atom. The van der Waals surface area contributed by atoms with Gasteiger partial charge < -0.3 is 14.7 Å². The summed E-state index contributed by atoms with van der Waals surface area (Å²) in [5.74, 6) is -0.466. The first-order chi connectivity index (χ1) is 11.8. The molecule has 0 N–H and O–H groups in total. The van der Waals surface area contributed by atoms with Crippen LogP contribution in [0.3, 0.4) is 0 Å². The van der Waals surface area contributed by atoms with Crippen molar-refractivity contribution in [2.45, 2.75) is 19.0 Å². The lowest BCUT2D eigenvalue weighted by atomic mass is 9.95. The van der Waals surface area contributed by atoms with Crippen molar-refractivity contribution < 1.29 is 22.8 Å². The Balaban J connectivity index is 1.54. The second-order valence-electron chi connectivity index (χ2n) is 6.21. The van der Waals surface area contributed by atoms with Crippen molar-refractivity contribution in [3.8, 4) is 0 Å². The Morgan fingerprint density at radius 1 is 1.24 bits per heavy atom. The zero-order chi connectivity index (χ0) is 18.0. The summed E-state index contributed by atoms with van der Waals surface area (Å²) in [6, 6.07) is 0. The van der Waals surface area contributed by atoms with Crippen molar-refractivity contribution in [3.63, 3.8) is 0 Å². The second-order valence-corrected chi connectivity index (χ2v) is 6.21. The summed E-state index contributed by atoms with van der Waals surface area (Å²) in [7, 11) is 0. The normalized spacial score (nSPS) is 19.6. The van der Waals surface area contributed by atoms with E-state index in [0.717, 1.165) is 5.82 Å². The molecule has 0 bridgehead atoms. The summed E-state index contributed by atoms with van der Waals surface area (Å²) in [5.41, 5.74) is 0. The van der Waals surface area contributed by atoms with E-state index in [4.69, 9.17) is 0 Å². The maximum Gasteiger partial charge on any atom is 0.406 e. The largest absolute Gasteiger partial charge is 0.406 e. The molecule has 136 valence electrons. The summed E-state index contributed by atoms with van der Waals surface area (Å²) < 4.78 is 37.4. The molecule has 2 fully saturated rings. The Hall–Kier alpha value is -2.39. The molecule has 2 saturated heterocycles. The molecule has 0 spiro atoms. The number of alkyl halides is 3.